The Morgan fingerprint density at radius 2 is 1.55 bits per heavy atom. The van der Waals surface area contributed by atoms with Crippen LogP contribution in [0.25, 0.3) is 0 Å². The van der Waals surface area contributed by atoms with E-state index in [-0.39, 0.29) is 0 Å². The maximum absolute atomic E-state index is 5.45. The van der Waals surface area contributed by atoms with Gasteiger partial charge in [-0.15, -0.1) is 5.10 Å². The topological polar surface area (TPSA) is 41.5 Å². The lowest BCUT2D eigenvalue weighted by molar-refractivity contribution is -0.0732. The largest absolute Gasteiger partial charge is 0.378 e. The first kappa shape index (κ1) is 21.1. The zero-order valence-electron chi connectivity index (χ0n) is 20.4. The van der Waals surface area contributed by atoms with Gasteiger partial charge in [-0.2, -0.15) is 5.10 Å². The first-order chi connectivity index (χ1) is 16.2. The van der Waals surface area contributed by atoms with Crippen molar-refractivity contribution >= 4 is 5.82 Å². The number of ether oxygens (including phenoxy) is 1. The van der Waals surface area contributed by atoms with Gasteiger partial charge in [0.1, 0.15) is 0 Å². The average molecular weight is 451 g/mol. The molecule has 7 aliphatic rings. The molecule has 2 aliphatic heterocycles. The molecule has 1 spiro atoms. The molecule has 5 aliphatic carbocycles. The van der Waals surface area contributed by atoms with Gasteiger partial charge in [-0.05, 0) is 130 Å². The molecule has 0 radical (unpaired) electrons. The van der Waals surface area contributed by atoms with Crippen LogP contribution in [0.15, 0.2) is 12.1 Å². The van der Waals surface area contributed by atoms with Crippen LogP contribution < -0.4 is 4.90 Å². The van der Waals surface area contributed by atoms with Crippen molar-refractivity contribution in [3.05, 3.63) is 17.8 Å². The van der Waals surface area contributed by atoms with Crippen molar-refractivity contribution in [1.29, 1.82) is 0 Å². The quantitative estimate of drug-likeness (QED) is 0.635. The van der Waals surface area contributed by atoms with Gasteiger partial charge in [0.15, 0.2) is 5.82 Å². The number of morpholine rings is 1. The van der Waals surface area contributed by atoms with E-state index in [1.54, 1.807) is 38.5 Å². The molecule has 5 nitrogen and oxygen atoms in total. The second-order valence-electron chi connectivity index (χ2n) is 13.0. The SMILES string of the molecule is c1cc(N2CCOCC2)nnc1CCC1CC12CCN(CC13CC4CC(CC(C4)C1)C3)CC2. The van der Waals surface area contributed by atoms with E-state index in [0.29, 0.717) is 10.8 Å². The van der Waals surface area contributed by atoms with Crippen molar-refractivity contribution in [2.45, 2.75) is 70.6 Å². The second-order valence-corrected chi connectivity index (χ2v) is 13.0. The van der Waals surface area contributed by atoms with E-state index in [9.17, 15) is 0 Å². The highest BCUT2D eigenvalue weighted by molar-refractivity contribution is 5.37. The maximum atomic E-state index is 5.45. The number of aromatic nitrogens is 2. The fraction of sp³-hybridized carbons (Fsp3) is 0.857. The molecule has 0 aromatic carbocycles. The van der Waals surface area contributed by atoms with Crippen LogP contribution in [0.1, 0.15) is 69.9 Å². The van der Waals surface area contributed by atoms with E-state index < -0.39 is 0 Å². The van der Waals surface area contributed by atoms with Crippen LogP contribution in [0.4, 0.5) is 5.82 Å². The van der Waals surface area contributed by atoms with Gasteiger partial charge in [0.25, 0.3) is 0 Å². The third kappa shape index (κ3) is 4.11. The molecule has 1 atom stereocenters. The molecule has 180 valence electrons. The summed E-state index contributed by atoms with van der Waals surface area (Å²) in [5, 5.41) is 9.08. The van der Waals surface area contributed by atoms with Crippen LogP contribution in [0, 0.1) is 34.5 Å². The molecule has 2 saturated heterocycles. The van der Waals surface area contributed by atoms with E-state index in [2.05, 4.69) is 32.1 Å². The second kappa shape index (κ2) is 8.19. The van der Waals surface area contributed by atoms with Gasteiger partial charge in [0.05, 0.1) is 18.9 Å². The van der Waals surface area contributed by atoms with Crippen LogP contribution >= 0.6 is 0 Å². The van der Waals surface area contributed by atoms with E-state index in [4.69, 9.17) is 4.74 Å². The van der Waals surface area contributed by atoms with Crippen LogP contribution in [0.5, 0.6) is 0 Å². The summed E-state index contributed by atoms with van der Waals surface area (Å²) in [5.41, 5.74) is 2.57. The number of hydrogen-bond acceptors (Lipinski definition) is 5. The minimum atomic E-state index is 0.680. The molecular formula is C28H42N4O. The number of aryl methyl sites for hydroxylation is 1. The number of anilines is 1. The zero-order chi connectivity index (χ0) is 21.9. The monoisotopic (exact) mass is 450 g/mol. The van der Waals surface area contributed by atoms with Crippen LogP contribution in [-0.2, 0) is 11.2 Å². The summed E-state index contributed by atoms with van der Waals surface area (Å²) < 4.78 is 5.45. The lowest BCUT2D eigenvalue weighted by Crippen LogP contribution is -2.52. The minimum absolute atomic E-state index is 0.680. The highest BCUT2D eigenvalue weighted by Crippen LogP contribution is 2.63. The van der Waals surface area contributed by atoms with E-state index >= 15 is 0 Å². The fourth-order valence-electron chi connectivity index (χ4n) is 9.34. The van der Waals surface area contributed by atoms with Crippen molar-refractivity contribution < 1.29 is 4.74 Å². The van der Waals surface area contributed by atoms with Gasteiger partial charge in [-0.3, -0.25) is 0 Å². The Hall–Kier alpha value is -1.20. The third-order valence-electron chi connectivity index (χ3n) is 10.7. The Morgan fingerprint density at radius 1 is 0.848 bits per heavy atom. The maximum Gasteiger partial charge on any atom is 0.151 e. The first-order valence-electron chi connectivity index (χ1n) is 14.0. The van der Waals surface area contributed by atoms with Crippen LogP contribution in [0.3, 0.4) is 0 Å². The van der Waals surface area contributed by atoms with E-state index in [1.165, 1.54) is 51.0 Å². The minimum Gasteiger partial charge on any atom is -0.378 e. The predicted molar refractivity (Wildman–Crippen MR) is 130 cm³/mol. The van der Waals surface area contributed by atoms with Crippen molar-refractivity contribution in [3.63, 3.8) is 0 Å². The van der Waals surface area contributed by atoms with Gasteiger partial charge < -0.3 is 14.5 Å². The van der Waals surface area contributed by atoms with Gasteiger partial charge in [0, 0.05) is 19.6 Å². The van der Waals surface area contributed by atoms with Gasteiger partial charge >= 0.3 is 0 Å². The fourth-order valence-corrected chi connectivity index (χ4v) is 9.34. The van der Waals surface area contributed by atoms with Gasteiger partial charge in [-0.25, -0.2) is 0 Å². The molecule has 3 heterocycles. The number of likely N-dealkylation sites (tertiary alicyclic amines) is 1. The lowest BCUT2D eigenvalue weighted by Gasteiger charge is -2.58. The molecule has 1 aromatic heterocycles. The summed E-state index contributed by atoms with van der Waals surface area (Å²) in [5.74, 6) is 5.21. The molecule has 1 aromatic rings. The van der Waals surface area contributed by atoms with E-state index in [1.807, 2.05) is 0 Å². The molecule has 7 fully saturated rings. The highest BCUT2D eigenvalue weighted by Gasteiger charge is 2.55. The number of piperidine rings is 1. The van der Waals surface area contributed by atoms with Gasteiger partial charge in [-0.1, -0.05) is 0 Å². The van der Waals surface area contributed by atoms with Crippen LogP contribution in [0.2, 0.25) is 0 Å². The van der Waals surface area contributed by atoms with Crippen molar-refractivity contribution in [2.75, 3.05) is 50.8 Å². The number of hydrogen-bond donors (Lipinski definition) is 0. The van der Waals surface area contributed by atoms with Crippen molar-refractivity contribution in [3.8, 4) is 0 Å². The Kier molecular flexibility index (Phi) is 5.24. The number of rotatable bonds is 6. The Balaban J connectivity index is 0.884. The van der Waals surface area contributed by atoms with Crippen molar-refractivity contribution in [1.82, 2.24) is 15.1 Å². The predicted octanol–water partition coefficient (Wildman–Crippen LogP) is 4.56. The smallest absolute Gasteiger partial charge is 0.151 e. The first-order valence-corrected chi connectivity index (χ1v) is 14.0. The van der Waals surface area contributed by atoms with E-state index in [0.717, 1.165) is 62.2 Å². The highest BCUT2D eigenvalue weighted by atomic mass is 16.5. The summed E-state index contributed by atoms with van der Waals surface area (Å²) in [4.78, 5) is 5.18. The number of nitrogens with zero attached hydrogens (tertiary/aromatic N) is 4. The Labute approximate surface area is 199 Å². The summed E-state index contributed by atoms with van der Waals surface area (Å²) in [6.07, 6.45) is 16.2. The average Bonchev–Trinajstić information content (AvgIpc) is 3.51. The van der Waals surface area contributed by atoms with Crippen molar-refractivity contribution in [2.24, 2.45) is 34.5 Å². The molecule has 33 heavy (non-hydrogen) atoms. The lowest BCUT2D eigenvalue weighted by atomic mass is 9.49. The molecule has 5 saturated carbocycles. The Bertz CT molecular complexity index is 805. The molecule has 5 heteroatoms. The summed E-state index contributed by atoms with van der Waals surface area (Å²) in [7, 11) is 0. The molecule has 0 N–H and O–H groups in total. The summed E-state index contributed by atoms with van der Waals surface area (Å²) in [6, 6.07) is 4.38. The molecule has 0 amide bonds. The molecule has 8 rings (SSSR count). The van der Waals surface area contributed by atoms with Gasteiger partial charge in [0.2, 0.25) is 0 Å². The zero-order valence-corrected chi connectivity index (χ0v) is 20.4. The molecule has 4 bridgehead atoms. The Morgan fingerprint density at radius 3 is 2.18 bits per heavy atom. The molecule has 1 unspecified atom stereocenters. The molecular weight excluding hydrogens is 408 g/mol. The summed E-state index contributed by atoms with van der Waals surface area (Å²) in [6.45, 7) is 7.62. The summed E-state index contributed by atoms with van der Waals surface area (Å²) >= 11 is 0. The van der Waals surface area contributed by atoms with Crippen LogP contribution in [-0.4, -0.2) is 61.0 Å². The normalized spacial score (nSPS) is 39.3. The standard InChI is InChI=1S/C28H42N4O/c1(2-25-3-4-26(30-29-25)32-9-11-33-12-10-32)24-19-28(24)5-7-31(8-6-28)20-27-16-21-13-22(17-27)15-23(14-21)18-27/h3-4,21-24H,1-2,5-20H2. The third-order valence-corrected chi connectivity index (χ3v) is 10.7.